The number of amides is 1. The van der Waals surface area contributed by atoms with Gasteiger partial charge in [0.25, 0.3) is 0 Å². The molecule has 2 N–H and O–H groups in total. The van der Waals surface area contributed by atoms with Crippen LogP contribution >= 0.6 is 11.3 Å². The Hall–Kier alpha value is -3.43. The van der Waals surface area contributed by atoms with Crippen LogP contribution in [0.4, 0.5) is 10.2 Å². The number of carbonyl (C=O) groups is 1. The Bertz CT molecular complexity index is 1210. The van der Waals surface area contributed by atoms with Gasteiger partial charge in [-0.2, -0.15) is 5.10 Å². The zero-order chi connectivity index (χ0) is 23.2. The Morgan fingerprint density at radius 3 is 2.70 bits per heavy atom. The molecule has 0 fully saturated rings. The molecule has 0 aliphatic carbocycles. The second-order valence-corrected chi connectivity index (χ2v) is 8.37. The standard InChI is InChI=1S/C24H25FN6OS/c1-3-31-23(12-21(30-31)18-8-9-26-16(2)10-18)29-24(32)22(27-13-20-14-33-15-28-20)11-17-4-6-19(25)7-5-17/h4-10,12,14-15,22,27H,3,11,13H2,1-2H3,(H,29,32). The maximum atomic E-state index is 13.3. The van der Waals surface area contributed by atoms with E-state index in [0.29, 0.717) is 25.3 Å². The van der Waals surface area contributed by atoms with Crippen molar-refractivity contribution in [2.24, 2.45) is 0 Å². The highest BCUT2D eigenvalue weighted by molar-refractivity contribution is 7.07. The summed E-state index contributed by atoms with van der Waals surface area (Å²) in [5.41, 5.74) is 6.09. The second-order valence-electron chi connectivity index (χ2n) is 7.65. The highest BCUT2D eigenvalue weighted by Crippen LogP contribution is 2.22. The van der Waals surface area contributed by atoms with E-state index in [2.05, 4.69) is 25.7 Å². The van der Waals surface area contributed by atoms with Gasteiger partial charge in [-0.3, -0.25) is 15.1 Å². The van der Waals surface area contributed by atoms with Gasteiger partial charge in [-0.25, -0.2) is 14.1 Å². The largest absolute Gasteiger partial charge is 0.310 e. The summed E-state index contributed by atoms with van der Waals surface area (Å²) in [4.78, 5) is 21.8. The topological polar surface area (TPSA) is 84.7 Å². The van der Waals surface area contributed by atoms with Crippen molar-refractivity contribution in [1.82, 2.24) is 25.1 Å². The molecule has 4 rings (SSSR count). The Kier molecular flexibility index (Phi) is 7.21. The summed E-state index contributed by atoms with van der Waals surface area (Å²) in [6.45, 7) is 4.96. The predicted molar refractivity (Wildman–Crippen MR) is 127 cm³/mol. The average Bonchev–Trinajstić information content (AvgIpc) is 3.47. The van der Waals surface area contributed by atoms with Crippen LogP contribution in [0.15, 0.2) is 59.6 Å². The third-order valence-electron chi connectivity index (χ3n) is 5.21. The lowest BCUT2D eigenvalue weighted by atomic mass is 10.0. The summed E-state index contributed by atoms with van der Waals surface area (Å²) >= 11 is 1.51. The molecule has 33 heavy (non-hydrogen) atoms. The van der Waals surface area contributed by atoms with Crippen LogP contribution in [-0.2, 0) is 24.3 Å². The third kappa shape index (κ3) is 5.88. The quantitative estimate of drug-likeness (QED) is 0.388. The summed E-state index contributed by atoms with van der Waals surface area (Å²) in [5.74, 6) is 0.119. The molecule has 0 aliphatic rings. The molecule has 1 unspecified atom stereocenters. The maximum absolute atomic E-state index is 13.3. The minimum atomic E-state index is -0.538. The molecule has 1 atom stereocenters. The fourth-order valence-corrected chi connectivity index (χ4v) is 4.04. The first kappa shape index (κ1) is 22.8. The van der Waals surface area contributed by atoms with E-state index < -0.39 is 6.04 Å². The van der Waals surface area contributed by atoms with Crippen molar-refractivity contribution in [2.45, 2.75) is 39.4 Å². The minimum Gasteiger partial charge on any atom is -0.310 e. The number of anilines is 1. The summed E-state index contributed by atoms with van der Waals surface area (Å²) in [6, 6.07) is 11.4. The number of benzene rings is 1. The number of hydrogen-bond acceptors (Lipinski definition) is 6. The molecule has 0 radical (unpaired) electrons. The smallest absolute Gasteiger partial charge is 0.243 e. The zero-order valence-electron chi connectivity index (χ0n) is 18.5. The van der Waals surface area contributed by atoms with Gasteiger partial charge in [0.05, 0.1) is 22.9 Å². The van der Waals surface area contributed by atoms with E-state index in [9.17, 15) is 9.18 Å². The molecule has 7 nitrogen and oxygen atoms in total. The van der Waals surface area contributed by atoms with Gasteiger partial charge in [0.1, 0.15) is 11.6 Å². The van der Waals surface area contributed by atoms with E-state index in [4.69, 9.17) is 0 Å². The van der Waals surface area contributed by atoms with Crippen molar-refractivity contribution in [1.29, 1.82) is 0 Å². The second kappa shape index (κ2) is 10.5. The number of nitrogens with one attached hydrogen (secondary N) is 2. The Labute approximate surface area is 195 Å². The average molecular weight is 465 g/mol. The van der Waals surface area contributed by atoms with Crippen LogP contribution in [0.3, 0.4) is 0 Å². The predicted octanol–water partition coefficient (Wildman–Crippen LogP) is 4.21. The van der Waals surface area contributed by atoms with Crippen LogP contribution in [0.5, 0.6) is 0 Å². The first-order chi connectivity index (χ1) is 16.0. The van der Waals surface area contributed by atoms with Crippen molar-refractivity contribution >= 4 is 23.1 Å². The summed E-state index contributed by atoms with van der Waals surface area (Å²) in [5, 5.41) is 12.9. The minimum absolute atomic E-state index is 0.193. The lowest BCUT2D eigenvalue weighted by Crippen LogP contribution is -2.42. The van der Waals surface area contributed by atoms with Crippen molar-refractivity contribution in [3.8, 4) is 11.3 Å². The number of thiazole rings is 1. The number of aromatic nitrogens is 4. The van der Waals surface area contributed by atoms with Gasteiger partial charge in [-0.05, 0) is 50.1 Å². The monoisotopic (exact) mass is 464 g/mol. The first-order valence-electron chi connectivity index (χ1n) is 10.7. The van der Waals surface area contributed by atoms with Crippen LogP contribution in [-0.4, -0.2) is 31.7 Å². The molecule has 0 saturated carbocycles. The highest BCUT2D eigenvalue weighted by atomic mass is 32.1. The molecular weight excluding hydrogens is 439 g/mol. The lowest BCUT2D eigenvalue weighted by Gasteiger charge is -2.18. The fraction of sp³-hybridized carbons (Fsp3) is 0.250. The van der Waals surface area contributed by atoms with Gasteiger partial charge in [-0.15, -0.1) is 11.3 Å². The van der Waals surface area contributed by atoms with Crippen LogP contribution in [0.25, 0.3) is 11.3 Å². The summed E-state index contributed by atoms with van der Waals surface area (Å²) < 4.78 is 15.1. The summed E-state index contributed by atoms with van der Waals surface area (Å²) in [7, 11) is 0. The number of aryl methyl sites for hydroxylation is 2. The number of hydrogen-bond donors (Lipinski definition) is 2. The van der Waals surface area contributed by atoms with Crippen molar-refractivity contribution in [2.75, 3.05) is 5.32 Å². The molecule has 3 aromatic heterocycles. The Morgan fingerprint density at radius 1 is 1.18 bits per heavy atom. The molecule has 9 heteroatoms. The van der Waals surface area contributed by atoms with E-state index >= 15 is 0 Å². The maximum Gasteiger partial charge on any atom is 0.243 e. The number of rotatable bonds is 9. The molecule has 1 aromatic carbocycles. The van der Waals surface area contributed by atoms with Crippen LogP contribution < -0.4 is 10.6 Å². The fourth-order valence-electron chi connectivity index (χ4n) is 3.48. The first-order valence-corrected chi connectivity index (χ1v) is 11.6. The lowest BCUT2D eigenvalue weighted by molar-refractivity contribution is -0.118. The number of halogens is 1. The van der Waals surface area contributed by atoms with Crippen LogP contribution in [0.1, 0.15) is 23.9 Å². The van der Waals surface area contributed by atoms with Gasteiger partial charge >= 0.3 is 0 Å². The normalized spacial score (nSPS) is 12.0. The van der Waals surface area contributed by atoms with E-state index in [-0.39, 0.29) is 11.7 Å². The van der Waals surface area contributed by atoms with Gasteiger partial charge < -0.3 is 5.32 Å². The molecular formula is C24H25FN6OS. The molecule has 0 aliphatic heterocycles. The van der Waals surface area contributed by atoms with E-state index in [0.717, 1.165) is 28.2 Å². The Balaban J connectivity index is 1.54. The molecule has 0 spiro atoms. The van der Waals surface area contributed by atoms with Gasteiger partial charge in [0.2, 0.25) is 5.91 Å². The van der Waals surface area contributed by atoms with Gasteiger partial charge in [0, 0.05) is 42.0 Å². The van der Waals surface area contributed by atoms with Crippen molar-refractivity contribution < 1.29 is 9.18 Å². The molecule has 0 bridgehead atoms. The summed E-state index contributed by atoms with van der Waals surface area (Å²) in [6.07, 6.45) is 2.15. The van der Waals surface area contributed by atoms with Crippen LogP contribution in [0.2, 0.25) is 0 Å². The molecule has 4 aromatic rings. The SMILES string of the molecule is CCn1nc(-c2ccnc(C)c2)cc1NC(=O)C(Cc1ccc(F)cc1)NCc1cscn1. The van der Waals surface area contributed by atoms with E-state index in [1.807, 2.05) is 37.4 Å². The Morgan fingerprint density at radius 2 is 2.00 bits per heavy atom. The highest BCUT2D eigenvalue weighted by Gasteiger charge is 2.21. The number of nitrogens with zero attached hydrogens (tertiary/aromatic N) is 4. The van der Waals surface area contributed by atoms with E-state index in [1.165, 1.54) is 23.5 Å². The molecule has 1 amide bonds. The van der Waals surface area contributed by atoms with E-state index in [1.54, 1.807) is 28.5 Å². The zero-order valence-corrected chi connectivity index (χ0v) is 19.3. The van der Waals surface area contributed by atoms with Crippen molar-refractivity contribution in [3.63, 3.8) is 0 Å². The number of carbonyl (C=O) groups excluding carboxylic acids is 1. The molecule has 0 saturated heterocycles. The molecule has 3 heterocycles. The number of pyridine rings is 1. The third-order valence-corrected chi connectivity index (χ3v) is 5.84. The van der Waals surface area contributed by atoms with Gasteiger partial charge in [0.15, 0.2) is 0 Å². The van der Waals surface area contributed by atoms with Crippen molar-refractivity contribution in [3.05, 3.63) is 82.3 Å². The van der Waals surface area contributed by atoms with Crippen LogP contribution in [0, 0.1) is 12.7 Å². The molecule has 170 valence electrons. The van der Waals surface area contributed by atoms with Gasteiger partial charge in [-0.1, -0.05) is 12.1 Å².